The second-order valence-corrected chi connectivity index (χ2v) is 5.54. The summed E-state index contributed by atoms with van der Waals surface area (Å²) < 4.78 is 5.73. The van der Waals surface area contributed by atoms with E-state index < -0.39 is 23.6 Å². The molecule has 5 nitrogen and oxygen atoms in total. The van der Waals surface area contributed by atoms with E-state index in [0.717, 1.165) is 3.57 Å². The normalized spacial score (nSPS) is 17.9. The summed E-state index contributed by atoms with van der Waals surface area (Å²) in [4.78, 5) is 38.1. The summed E-state index contributed by atoms with van der Waals surface area (Å²) in [6.07, 6.45) is 0. The van der Waals surface area contributed by atoms with Crippen molar-refractivity contribution in [3.8, 4) is 0 Å². The smallest absolute Gasteiger partial charge is 0.326 e. The lowest BCUT2D eigenvalue weighted by molar-refractivity contribution is -0.149. The molecule has 0 spiro atoms. The largest absolute Gasteiger partial charge is 0.465 e. The maximum absolute atomic E-state index is 12.4. The molecule has 1 atom stereocenters. The average molecular weight is 387 g/mol. The number of amides is 1. The van der Waals surface area contributed by atoms with Gasteiger partial charge in [0.2, 0.25) is 5.91 Å². The van der Waals surface area contributed by atoms with Crippen LogP contribution in [0.15, 0.2) is 18.2 Å². The Labute approximate surface area is 130 Å². The van der Waals surface area contributed by atoms with Crippen molar-refractivity contribution >= 4 is 45.9 Å². The van der Waals surface area contributed by atoms with E-state index >= 15 is 0 Å². The van der Waals surface area contributed by atoms with Crippen molar-refractivity contribution in [3.05, 3.63) is 27.3 Å². The van der Waals surface area contributed by atoms with Gasteiger partial charge in [-0.25, -0.2) is 0 Å². The van der Waals surface area contributed by atoms with Gasteiger partial charge in [0.25, 0.3) is 0 Å². The first-order valence-corrected chi connectivity index (χ1v) is 7.40. The fourth-order valence-corrected chi connectivity index (χ4v) is 2.73. The second-order valence-electron chi connectivity index (χ2n) is 4.29. The lowest BCUT2D eigenvalue weighted by Crippen LogP contribution is -2.48. The van der Waals surface area contributed by atoms with Crippen molar-refractivity contribution in [2.75, 3.05) is 18.1 Å². The lowest BCUT2D eigenvalue weighted by atomic mass is 9.90. The molecule has 1 aliphatic rings. The molecule has 0 aliphatic carbocycles. The van der Waals surface area contributed by atoms with E-state index in [2.05, 4.69) is 22.6 Å². The number of halogens is 1. The highest BCUT2D eigenvalue weighted by Gasteiger charge is 2.44. The van der Waals surface area contributed by atoms with Crippen LogP contribution in [-0.2, 0) is 14.3 Å². The monoisotopic (exact) mass is 387 g/mol. The number of anilines is 1. The predicted octanol–water partition coefficient (Wildman–Crippen LogP) is 2.02. The standard InChI is InChI=1S/C14H14INO4/c1-3-16-10-6-5-8(15)7-9(10)12(17)11(13(16)18)14(19)20-4-2/h5-7,11H,3-4H2,1-2H3. The minimum absolute atomic E-state index is 0.140. The first kappa shape index (κ1) is 15.0. The molecule has 6 heteroatoms. The van der Waals surface area contributed by atoms with Crippen LogP contribution in [0, 0.1) is 9.49 Å². The van der Waals surface area contributed by atoms with Crippen molar-refractivity contribution in [2.24, 2.45) is 5.92 Å². The number of carbonyl (C=O) groups excluding carboxylic acids is 3. The Bertz CT molecular complexity index is 585. The number of fused-ring (bicyclic) bond motifs is 1. The van der Waals surface area contributed by atoms with E-state index in [1.165, 1.54) is 4.90 Å². The molecule has 1 aliphatic heterocycles. The van der Waals surface area contributed by atoms with Gasteiger partial charge in [0.1, 0.15) is 0 Å². The molecule has 0 saturated heterocycles. The Morgan fingerprint density at radius 1 is 1.35 bits per heavy atom. The number of Topliss-reactive ketones (excluding diaryl/α,β-unsaturated/α-hetero) is 1. The van der Waals surface area contributed by atoms with Gasteiger partial charge in [0.15, 0.2) is 11.7 Å². The summed E-state index contributed by atoms with van der Waals surface area (Å²) in [5, 5.41) is 0. The Hall–Kier alpha value is -1.44. The summed E-state index contributed by atoms with van der Waals surface area (Å²) in [5.41, 5.74) is 0.958. The highest BCUT2D eigenvalue weighted by atomic mass is 127. The first-order chi connectivity index (χ1) is 9.51. The van der Waals surface area contributed by atoms with E-state index in [-0.39, 0.29) is 6.61 Å². The van der Waals surface area contributed by atoms with Gasteiger partial charge >= 0.3 is 5.97 Å². The van der Waals surface area contributed by atoms with Crippen LogP contribution in [0.3, 0.4) is 0 Å². The molecule has 20 heavy (non-hydrogen) atoms. The number of nitrogens with zero attached hydrogens (tertiary/aromatic N) is 1. The summed E-state index contributed by atoms with van der Waals surface area (Å²) in [6.45, 7) is 3.98. The van der Waals surface area contributed by atoms with Gasteiger partial charge < -0.3 is 9.64 Å². The Kier molecular flexibility index (Phi) is 4.42. The van der Waals surface area contributed by atoms with E-state index in [9.17, 15) is 14.4 Å². The van der Waals surface area contributed by atoms with Gasteiger partial charge in [-0.05, 0) is 54.6 Å². The fourth-order valence-electron chi connectivity index (χ4n) is 2.24. The zero-order valence-electron chi connectivity index (χ0n) is 11.2. The van der Waals surface area contributed by atoms with Gasteiger partial charge in [-0.3, -0.25) is 14.4 Å². The maximum atomic E-state index is 12.4. The van der Waals surface area contributed by atoms with Crippen LogP contribution in [0.1, 0.15) is 24.2 Å². The van der Waals surface area contributed by atoms with Crippen molar-refractivity contribution in [1.29, 1.82) is 0 Å². The number of benzene rings is 1. The molecule has 0 radical (unpaired) electrons. The van der Waals surface area contributed by atoms with Crippen molar-refractivity contribution in [2.45, 2.75) is 13.8 Å². The minimum atomic E-state index is -1.37. The van der Waals surface area contributed by atoms with Crippen LogP contribution in [-0.4, -0.2) is 30.8 Å². The third-order valence-electron chi connectivity index (χ3n) is 3.13. The van der Waals surface area contributed by atoms with E-state index in [4.69, 9.17) is 4.74 Å². The van der Waals surface area contributed by atoms with Crippen LogP contribution < -0.4 is 4.90 Å². The average Bonchev–Trinajstić information content (AvgIpc) is 2.40. The van der Waals surface area contributed by atoms with Crippen molar-refractivity contribution in [1.82, 2.24) is 0 Å². The fraction of sp³-hybridized carbons (Fsp3) is 0.357. The lowest BCUT2D eigenvalue weighted by Gasteiger charge is -2.31. The molecule has 1 aromatic carbocycles. The summed E-state index contributed by atoms with van der Waals surface area (Å²) in [7, 11) is 0. The van der Waals surface area contributed by atoms with Crippen LogP contribution in [0.2, 0.25) is 0 Å². The molecule has 1 aromatic rings. The number of esters is 1. The molecule has 0 N–H and O–H groups in total. The molecule has 0 fully saturated rings. The number of carbonyl (C=O) groups is 3. The molecule has 1 unspecified atom stereocenters. The van der Waals surface area contributed by atoms with E-state index in [1.807, 2.05) is 6.07 Å². The topological polar surface area (TPSA) is 63.7 Å². The molecular weight excluding hydrogens is 373 g/mol. The van der Waals surface area contributed by atoms with E-state index in [0.29, 0.717) is 17.8 Å². The van der Waals surface area contributed by atoms with Crippen molar-refractivity contribution < 1.29 is 19.1 Å². The van der Waals surface area contributed by atoms with Crippen molar-refractivity contribution in [3.63, 3.8) is 0 Å². The zero-order chi connectivity index (χ0) is 14.9. The molecule has 1 heterocycles. The first-order valence-electron chi connectivity index (χ1n) is 6.33. The van der Waals surface area contributed by atoms with Gasteiger partial charge in [-0.15, -0.1) is 0 Å². The Morgan fingerprint density at radius 2 is 2.05 bits per heavy atom. The number of hydrogen-bond donors (Lipinski definition) is 0. The zero-order valence-corrected chi connectivity index (χ0v) is 13.3. The molecule has 1 amide bonds. The molecule has 0 saturated carbocycles. The Morgan fingerprint density at radius 3 is 2.65 bits per heavy atom. The van der Waals surface area contributed by atoms with Gasteiger partial charge in [0, 0.05) is 15.7 Å². The third-order valence-corrected chi connectivity index (χ3v) is 3.80. The number of ketones is 1. The number of hydrogen-bond acceptors (Lipinski definition) is 4. The van der Waals surface area contributed by atoms with Gasteiger partial charge in [-0.1, -0.05) is 0 Å². The number of rotatable bonds is 3. The molecule has 0 aromatic heterocycles. The third kappa shape index (κ3) is 2.44. The summed E-state index contributed by atoms with van der Waals surface area (Å²) >= 11 is 2.09. The predicted molar refractivity (Wildman–Crippen MR) is 81.6 cm³/mol. The van der Waals surface area contributed by atoms with Crippen LogP contribution in [0.25, 0.3) is 0 Å². The quantitative estimate of drug-likeness (QED) is 0.452. The SMILES string of the molecule is CCOC(=O)C1C(=O)c2cc(I)ccc2N(CC)C1=O. The van der Waals surface area contributed by atoms with Crippen LogP contribution in [0.5, 0.6) is 0 Å². The number of ether oxygens (including phenoxy) is 1. The molecule has 0 bridgehead atoms. The van der Waals surface area contributed by atoms with E-state index in [1.54, 1.807) is 26.0 Å². The highest BCUT2D eigenvalue weighted by molar-refractivity contribution is 14.1. The Balaban J connectivity index is 2.53. The van der Waals surface area contributed by atoms with Crippen LogP contribution >= 0.6 is 22.6 Å². The maximum Gasteiger partial charge on any atom is 0.326 e. The minimum Gasteiger partial charge on any atom is -0.465 e. The van der Waals surface area contributed by atoms with Crippen LogP contribution in [0.4, 0.5) is 5.69 Å². The molecule has 106 valence electrons. The van der Waals surface area contributed by atoms with Gasteiger partial charge in [0.05, 0.1) is 12.3 Å². The second kappa shape index (κ2) is 5.90. The highest BCUT2D eigenvalue weighted by Crippen LogP contribution is 2.32. The summed E-state index contributed by atoms with van der Waals surface area (Å²) in [6, 6.07) is 5.25. The summed E-state index contributed by atoms with van der Waals surface area (Å²) in [5.74, 6) is -3.14. The molecular formula is C14H14INO4. The molecule has 2 rings (SSSR count). The van der Waals surface area contributed by atoms with Gasteiger partial charge in [-0.2, -0.15) is 0 Å².